The summed E-state index contributed by atoms with van der Waals surface area (Å²) < 4.78 is 5.35. The lowest BCUT2D eigenvalue weighted by atomic mass is 10.0. The van der Waals surface area contributed by atoms with Gasteiger partial charge in [-0.25, -0.2) is 9.59 Å². The Bertz CT molecular complexity index is 339. The molecular weight excluding hydrogens is 272 g/mol. The van der Waals surface area contributed by atoms with Crippen molar-refractivity contribution in [2.45, 2.75) is 65.0 Å². The summed E-state index contributed by atoms with van der Waals surface area (Å²) in [4.78, 5) is 23.9. The first kappa shape index (κ1) is 17.6. The molecule has 1 unspecified atom stereocenters. The van der Waals surface area contributed by atoms with Crippen molar-refractivity contribution in [3.63, 3.8) is 0 Å². The quantitative estimate of drug-likeness (QED) is 0.790. The van der Waals surface area contributed by atoms with Gasteiger partial charge in [0.2, 0.25) is 0 Å². The van der Waals surface area contributed by atoms with E-state index in [0.717, 1.165) is 19.3 Å². The zero-order chi connectivity index (χ0) is 15.8. The Hall–Kier alpha value is -1.46. The molecule has 6 heteroatoms. The number of hydrogen-bond donors (Lipinski definition) is 2. The Morgan fingerprint density at radius 1 is 1.24 bits per heavy atom. The number of alkyl carbamates (subject to hydrolysis) is 1. The number of carbonyl (C=O) groups excluding carboxylic acids is 1. The smallest absolute Gasteiger partial charge is 0.407 e. The molecule has 1 heterocycles. The molecule has 0 aromatic heterocycles. The third kappa shape index (κ3) is 7.20. The summed E-state index contributed by atoms with van der Waals surface area (Å²) in [5.41, 5.74) is 0. The van der Waals surface area contributed by atoms with E-state index in [2.05, 4.69) is 19.2 Å². The molecule has 2 N–H and O–H groups in total. The zero-order valence-corrected chi connectivity index (χ0v) is 13.3. The van der Waals surface area contributed by atoms with Crippen LogP contribution in [0.2, 0.25) is 0 Å². The number of likely N-dealkylation sites (tertiary alicyclic amines) is 1. The van der Waals surface area contributed by atoms with Crippen molar-refractivity contribution in [1.82, 2.24) is 10.2 Å². The fraction of sp³-hybridized carbons (Fsp3) is 0.867. The molecule has 0 saturated carbocycles. The summed E-state index contributed by atoms with van der Waals surface area (Å²) in [7, 11) is 0. The van der Waals surface area contributed by atoms with Crippen LogP contribution in [0, 0.1) is 5.92 Å². The van der Waals surface area contributed by atoms with Crippen molar-refractivity contribution in [1.29, 1.82) is 0 Å². The summed E-state index contributed by atoms with van der Waals surface area (Å²) in [6.07, 6.45) is 2.87. The molecule has 0 radical (unpaired) electrons. The van der Waals surface area contributed by atoms with Crippen LogP contribution in [-0.2, 0) is 4.74 Å². The average Bonchev–Trinajstić information content (AvgIpc) is 2.38. The Morgan fingerprint density at radius 3 is 2.38 bits per heavy atom. The van der Waals surface area contributed by atoms with Crippen molar-refractivity contribution in [3.8, 4) is 0 Å². The minimum absolute atomic E-state index is 0.107. The normalized spacial score (nSPS) is 17.6. The third-order valence-electron chi connectivity index (χ3n) is 3.77. The van der Waals surface area contributed by atoms with Crippen LogP contribution in [0.25, 0.3) is 0 Å². The minimum atomic E-state index is -0.906. The molecule has 1 saturated heterocycles. The molecule has 1 fully saturated rings. The van der Waals surface area contributed by atoms with Gasteiger partial charge in [-0.3, -0.25) is 0 Å². The van der Waals surface area contributed by atoms with Crippen LogP contribution in [0.5, 0.6) is 0 Å². The molecule has 1 atom stereocenters. The fourth-order valence-electron chi connectivity index (χ4n) is 2.46. The molecule has 0 aromatic carbocycles. The highest BCUT2D eigenvalue weighted by Gasteiger charge is 2.25. The van der Waals surface area contributed by atoms with Gasteiger partial charge >= 0.3 is 12.2 Å². The maximum Gasteiger partial charge on any atom is 0.407 e. The van der Waals surface area contributed by atoms with Gasteiger partial charge in [-0.1, -0.05) is 26.7 Å². The second-order valence-electron chi connectivity index (χ2n) is 6.24. The predicted octanol–water partition coefficient (Wildman–Crippen LogP) is 3.07. The third-order valence-corrected chi connectivity index (χ3v) is 3.77. The first-order valence-electron chi connectivity index (χ1n) is 7.83. The first-order valence-corrected chi connectivity index (χ1v) is 7.83. The Balaban J connectivity index is 2.17. The second-order valence-corrected chi connectivity index (χ2v) is 6.24. The molecule has 2 amide bonds. The van der Waals surface area contributed by atoms with Gasteiger partial charge in [0.05, 0.1) is 0 Å². The molecule has 1 aliphatic rings. The van der Waals surface area contributed by atoms with Crippen molar-refractivity contribution in [2.24, 2.45) is 5.92 Å². The first-order chi connectivity index (χ1) is 9.88. The number of ether oxygens (including phenoxy) is 1. The van der Waals surface area contributed by atoms with Crippen LogP contribution in [0.3, 0.4) is 0 Å². The average molecular weight is 300 g/mol. The van der Waals surface area contributed by atoms with E-state index in [0.29, 0.717) is 31.8 Å². The monoisotopic (exact) mass is 300 g/mol. The summed E-state index contributed by atoms with van der Waals surface area (Å²) in [6.45, 7) is 7.22. The highest BCUT2D eigenvalue weighted by molar-refractivity contribution is 5.68. The molecule has 6 nitrogen and oxygen atoms in total. The van der Waals surface area contributed by atoms with Crippen molar-refractivity contribution >= 4 is 12.2 Å². The van der Waals surface area contributed by atoms with Crippen LogP contribution in [0.4, 0.5) is 9.59 Å². The number of nitrogens with zero attached hydrogens (tertiary/aromatic N) is 1. The van der Waals surface area contributed by atoms with E-state index in [4.69, 9.17) is 9.84 Å². The van der Waals surface area contributed by atoms with Crippen LogP contribution in [0.15, 0.2) is 0 Å². The molecule has 21 heavy (non-hydrogen) atoms. The lowest BCUT2D eigenvalue weighted by molar-refractivity contribution is 0.0496. The lowest BCUT2D eigenvalue weighted by Gasteiger charge is -2.29. The number of amides is 2. The van der Waals surface area contributed by atoms with Gasteiger partial charge in [0.15, 0.2) is 0 Å². The fourth-order valence-corrected chi connectivity index (χ4v) is 2.46. The van der Waals surface area contributed by atoms with Crippen LogP contribution in [-0.4, -0.2) is 47.4 Å². The van der Waals surface area contributed by atoms with Gasteiger partial charge in [0, 0.05) is 32.0 Å². The van der Waals surface area contributed by atoms with E-state index in [1.165, 1.54) is 4.90 Å². The summed E-state index contributed by atoms with van der Waals surface area (Å²) >= 11 is 0. The van der Waals surface area contributed by atoms with E-state index in [1.807, 2.05) is 6.92 Å². The predicted molar refractivity (Wildman–Crippen MR) is 80.4 cm³/mol. The molecule has 1 rings (SSSR count). The summed E-state index contributed by atoms with van der Waals surface area (Å²) in [5.74, 6) is 0.684. The van der Waals surface area contributed by atoms with Gasteiger partial charge < -0.3 is 20.1 Å². The standard InChI is InChI=1S/C15H28N2O4/c1-11(2)5-4-6-12(3)16-14(18)21-13-7-9-17(10-8-13)15(19)20/h11-13H,4-10H2,1-3H3,(H,16,18)(H,19,20). The summed E-state index contributed by atoms with van der Waals surface area (Å²) in [5, 5.41) is 11.7. The molecule has 0 aliphatic carbocycles. The number of carboxylic acid groups (broad SMARTS) is 1. The van der Waals surface area contributed by atoms with Crippen molar-refractivity contribution < 1.29 is 19.4 Å². The van der Waals surface area contributed by atoms with E-state index in [9.17, 15) is 9.59 Å². The Morgan fingerprint density at radius 2 is 1.86 bits per heavy atom. The van der Waals surface area contributed by atoms with Crippen LogP contribution >= 0.6 is 0 Å². The maximum absolute atomic E-state index is 11.8. The molecule has 0 aromatic rings. The van der Waals surface area contributed by atoms with Crippen molar-refractivity contribution in [3.05, 3.63) is 0 Å². The van der Waals surface area contributed by atoms with Gasteiger partial charge in [0.25, 0.3) is 0 Å². The summed E-state index contributed by atoms with van der Waals surface area (Å²) in [6, 6.07) is 0.107. The number of rotatable bonds is 6. The minimum Gasteiger partial charge on any atom is -0.465 e. The highest BCUT2D eigenvalue weighted by Crippen LogP contribution is 2.14. The van der Waals surface area contributed by atoms with Gasteiger partial charge in [0.1, 0.15) is 6.10 Å². The largest absolute Gasteiger partial charge is 0.465 e. The number of carbonyl (C=O) groups is 2. The highest BCUT2D eigenvalue weighted by atomic mass is 16.6. The second kappa shape index (κ2) is 8.74. The molecule has 0 spiro atoms. The van der Waals surface area contributed by atoms with Gasteiger partial charge in [-0.15, -0.1) is 0 Å². The number of piperidine rings is 1. The molecule has 122 valence electrons. The number of nitrogens with one attached hydrogen (secondary N) is 1. The van der Waals surface area contributed by atoms with E-state index in [-0.39, 0.29) is 18.2 Å². The Labute approximate surface area is 126 Å². The lowest BCUT2D eigenvalue weighted by Crippen LogP contribution is -2.42. The molecular formula is C15H28N2O4. The molecule has 1 aliphatic heterocycles. The molecule has 0 bridgehead atoms. The number of hydrogen-bond acceptors (Lipinski definition) is 3. The van der Waals surface area contributed by atoms with Crippen LogP contribution in [0.1, 0.15) is 52.9 Å². The Kier molecular flexibility index (Phi) is 7.32. The van der Waals surface area contributed by atoms with Gasteiger partial charge in [-0.05, 0) is 19.3 Å². The van der Waals surface area contributed by atoms with E-state index < -0.39 is 6.09 Å². The zero-order valence-electron chi connectivity index (χ0n) is 13.3. The van der Waals surface area contributed by atoms with Crippen LogP contribution < -0.4 is 5.32 Å². The topological polar surface area (TPSA) is 78.9 Å². The SMILES string of the molecule is CC(C)CCCC(C)NC(=O)OC1CCN(C(=O)O)CC1. The van der Waals surface area contributed by atoms with Crippen molar-refractivity contribution in [2.75, 3.05) is 13.1 Å². The van der Waals surface area contributed by atoms with E-state index >= 15 is 0 Å². The van der Waals surface area contributed by atoms with E-state index in [1.54, 1.807) is 0 Å². The maximum atomic E-state index is 11.8. The van der Waals surface area contributed by atoms with Gasteiger partial charge in [-0.2, -0.15) is 0 Å².